The van der Waals surface area contributed by atoms with Gasteiger partial charge in [-0.25, -0.2) is 4.98 Å². The molecule has 0 amide bonds. The second kappa shape index (κ2) is 5.74. The van der Waals surface area contributed by atoms with E-state index < -0.39 is 0 Å². The molecule has 0 fully saturated rings. The molecule has 1 aromatic carbocycles. The molecule has 4 heteroatoms. The smallest absolute Gasteiger partial charge is 0.233 e. The molecule has 0 aliphatic rings. The molecule has 0 aliphatic carbocycles. The molecule has 0 saturated heterocycles. The van der Waals surface area contributed by atoms with Crippen LogP contribution in [-0.4, -0.2) is 4.98 Å². The molecule has 20 heavy (non-hydrogen) atoms. The van der Waals surface area contributed by atoms with Gasteiger partial charge >= 0.3 is 0 Å². The van der Waals surface area contributed by atoms with E-state index in [4.69, 9.17) is 16.3 Å². The molecule has 2 rings (SSSR count). The van der Waals surface area contributed by atoms with Crippen molar-refractivity contribution >= 4 is 27.5 Å². The van der Waals surface area contributed by atoms with E-state index in [1.165, 1.54) is 5.56 Å². The lowest BCUT2D eigenvalue weighted by atomic mass is 9.86. The Morgan fingerprint density at radius 2 is 1.90 bits per heavy atom. The number of aryl methyl sites for hydroxylation is 1. The van der Waals surface area contributed by atoms with E-state index >= 15 is 0 Å². The molecular weight excluding hydrogens is 338 g/mol. The van der Waals surface area contributed by atoms with E-state index in [0.29, 0.717) is 10.9 Å². The Labute approximate surface area is 133 Å². The lowest BCUT2D eigenvalue weighted by Crippen LogP contribution is -2.11. The van der Waals surface area contributed by atoms with E-state index in [1.807, 2.05) is 13.0 Å². The van der Waals surface area contributed by atoms with Gasteiger partial charge in [-0.3, -0.25) is 0 Å². The molecule has 2 nitrogen and oxygen atoms in total. The van der Waals surface area contributed by atoms with E-state index in [2.05, 4.69) is 53.8 Å². The van der Waals surface area contributed by atoms with Crippen molar-refractivity contribution in [2.75, 3.05) is 0 Å². The third-order valence-corrected chi connectivity index (χ3v) is 3.80. The van der Waals surface area contributed by atoms with Crippen LogP contribution in [0, 0.1) is 6.92 Å². The number of halogens is 2. The highest BCUT2D eigenvalue weighted by Gasteiger charge is 2.15. The van der Waals surface area contributed by atoms with Gasteiger partial charge < -0.3 is 4.74 Å². The van der Waals surface area contributed by atoms with Gasteiger partial charge in [0.25, 0.3) is 0 Å². The molecule has 0 atom stereocenters. The summed E-state index contributed by atoms with van der Waals surface area (Å²) in [6.07, 6.45) is 1.57. The van der Waals surface area contributed by atoms with Gasteiger partial charge in [0, 0.05) is 6.20 Å². The van der Waals surface area contributed by atoms with Crippen molar-refractivity contribution in [3.05, 3.63) is 51.1 Å². The van der Waals surface area contributed by atoms with Gasteiger partial charge in [-0.15, -0.1) is 0 Å². The molecule has 1 heterocycles. The van der Waals surface area contributed by atoms with Crippen molar-refractivity contribution in [1.82, 2.24) is 4.98 Å². The van der Waals surface area contributed by atoms with Crippen molar-refractivity contribution in [3.63, 3.8) is 0 Å². The molecular formula is C16H17BrClNO. The summed E-state index contributed by atoms with van der Waals surface area (Å²) in [5, 5.41) is 0.573. The Hall–Kier alpha value is -1.06. The highest BCUT2D eigenvalue weighted by atomic mass is 79.9. The molecule has 2 aromatic rings. The zero-order valence-electron chi connectivity index (χ0n) is 12.0. The summed E-state index contributed by atoms with van der Waals surface area (Å²) >= 11 is 9.28. The van der Waals surface area contributed by atoms with Crippen molar-refractivity contribution in [3.8, 4) is 11.6 Å². The molecule has 0 spiro atoms. The Balaban J connectivity index is 2.30. The van der Waals surface area contributed by atoms with Crippen LogP contribution in [0.1, 0.15) is 31.9 Å². The molecule has 0 saturated carbocycles. The highest BCUT2D eigenvalue weighted by molar-refractivity contribution is 9.10. The van der Waals surface area contributed by atoms with Crippen LogP contribution < -0.4 is 4.74 Å². The Morgan fingerprint density at radius 3 is 2.45 bits per heavy atom. The van der Waals surface area contributed by atoms with Crippen molar-refractivity contribution in [1.29, 1.82) is 0 Å². The summed E-state index contributed by atoms with van der Waals surface area (Å²) in [6.45, 7) is 8.62. The third-order valence-electron chi connectivity index (χ3n) is 3.02. The van der Waals surface area contributed by atoms with Crippen LogP contribution in [-0.2, 0) is 5.41 Å². The van der Waals surface area contributed by atoms with Crippen LogP contribution in [0.5, 0.6) is 11.6 Å². The van der Waals surface area contributed by atoms with Crippen LogP contribution in [0.4, 0.5) is 0 Å². The maximum absolute atomic E-state index is 5.87. The lowest BCUT2D eigenvalue weighted by Gasteiger charge is -2.20. The molecule has 0 radical (unpaired) electrons. The fourth-order valence-corrected chi connectivity index (χ4v) is 2.53. The largest absolute Gasteiger partial charge is 0.438 e. The van der Waals surface area contributed by atoms with Crippen LogP contribution in [0.3, 0.4) is 0 Å². The maximum atomic E-state index is 5.87. The van der Waals surface area contributed by atoms with Crippen LogP contribution >= 0.6 is 27.5 Å². The normalized spacial score (nSPS) is 11.5. The first kappa shape index (κ1) is 15.3. The second-order valence-electron chi connectivity index (χ2n) is 5.77. The summed E-state index contributed by atoms with van der Waals surface area (Å²) in [6, 6.07) is 7.99. The third kappa shape index (κ3) is 3.53. The number of rotatable bonds is 2. The average molecular weight is 355 g/mol. The minimum Gasteiger partial charge on any atom is -0.438 e. The first-order valence-corrected chi connectivity index (χ1v) is 7.54. The number of benzene rings is 1. The van der Waals surface area contributed by atoms with Gasteiger partial charge in [-0.05, 0) is 51.5 Å². The maximum Gasteiger partial charge on any atom is 0.233 e. The molecule has 0 aliphatic heterocycles. The van der Waals surface area contributed by atoms with E-state index in [9.17, 15) is 0 Å². The number of aromatic nitrogens is 1. The Bertz CT molecular complexity index is 635. The number of nitrogens with zero attached hydrogens (tertiary/aromatic N) is 1. The molecule has 0 unspecified atom stereocenters. The van der Waals surface area contributed by atoms with Crippen LogP contribution in [0.2, 0.25) is 5.02 Å². The van der Waals surface area contributed by atoms with Crippen molar-refractivity contribution < 1.29 is 4.74 Å². The van der Waals surface area contributed by atoms with Crippen molar-refractivity contribution in [2.24, 2.45) is 0 Å². The Morgan fingerprint density at radius 1 is 1.20 bits per heavy atom. The zero-order valence-corrected chi connectivity index (χ0v) is 14.3. The minimum absolute atomic E-state index is 0.127. The highest BCUT2D eigenvalue weighted by Crippen LogP contribution is 2.33. The first-order chi connectivity index (χ1) is 9.27. The van der Waals surface area contributed by atoms with Crippen molar-refractivity contribution in [2.45, 2.75) is 33.1 Å². The van der Waals surface area contributed by atoms with E-state index in [1.54, 1.807) is 12.3 Å². The number of hydrogen-bond donors (Lipinski definition) is 0. The fraction of sp³-hybridized carbons (Fsp3) is 0.312. The van der Waals surface area contributed by atoms with Gasteiger partial charge in [0.2, 0.25) is 5.88 Å². The molecule has 0 N–H and O–H groups in total. The zero-order chi connectivity index (χ0) is 14.9. The molecule has 0 bridgehead atoms. The Kier molecular flexibility index (Phi) is 4.40. The standard InChI is InChI=1S/C16H17BrClNO/c1-10-7-11(16(2,3)4)5-6-14(10)20-15-13(17)8-12(18)9-19-15/h5-9H,1-4H3. The quantitative estimate of drug-likeness (QED) is 0.670. The average Bonchev–Trinajstić information content (AvgIpc) is 2.33. The molecule has 106 valence electrons. The van der Waals surface area contributed by atoms with Gasteiger partial charge in [0.05, 0.1) is 9.50 Å². The SMILES string of the molecule is Cc1cc(C(C)(C)C)ccc1Oc1ncc(Cl)cc1Br. The van der Waals surface area contributed by atoms with Gasteiger partial charge in [-0.1, -0.05) is 44.5 Å². The second-order valence-corrected chi connectivity index (χ2v) is 7.06. The summed E-state index contributed by atoms with van der Waals surface area (Å²) < 4.78 is 6.59. The lowest BCUT2D eigenvalue weighted by molar-refractivity contribution is 0.455. The summed E-state index contributed by atoms with van der Waals surface area (Å²) in [4.78, 5) is 4.18. The monoisotopic (exact) mass is 353 g/mol. The van der Waals surface area contributed by atoms with Gasteiger partial charge in [0.15, 0.2) is 0 Å². The molecule has 1 aromatic heterocycles. The number of hydrogen-bond acceptors (Lipinski definition) is 2. The summed E-state index contributed by atoms with van der Waals surface area (Å²) in [7, 11) is 0. The predicted molar refractivity (Wildman–Crippen MR) is 86.9 cm³/mol. The van der Waals surface area contributed by atoms with Gasteiger partial charge in [0.1, 0.15) is 5.75 Å². The van der Waals surface area contributed by atoms with E-state index in [-0.39, 0.29) is 5.41 Å². The topological polar surface area (TPSA) is 22.1 Å². The van der Waals surface area contributed by atoms with Crippen LogP contribution in [0.15, 0.2) is 34.9 Å². The van der Waals surface area contributed by atoms with E-state index in [0.717, 1.165) is 15.8 Å². The summed E-state index contributed by atoms with van der Waals surface area (Å²) in [5.74, 6) is 1.31. The number of pyridine rings is 1. The fourth-order valence-electron chi connectivity index (χ4n) is 1.81. The number of ether oxygens (including phenoxy) is 1. The van der Waals surface area contributed by atoms with Gasteiger partial charge in [-0.2, -0.15) is 0 Å². The first-order valence-electron chi connectivity index (χ1n) is 6.37. The summed E-state index contributed by atoms with van der Waals surface area (Å²) in [5.41, 5.74) is 2.49. The minimum atomic E-state index is 0.127. The van der Waals surface area contributed by atoms with Crippen LogP contribution in [0.25, 0.3) is 0 Å². The predicted octanol–water partition coefficient (Wildman–Crippen LogP) is 5.90.